The van der Waals surface area contributed by atoms with Crippen LogP contribution in [-0.2, 0) is 0 Å². The van der Waals surface area contributed by atoms with Crippen molar-refractivity contribution in [3.63, 3.8) is 0 Å². The molecule has 0 saturated heterocycles. The number of hydrogen-bond acceptors (Lipinski definition) is 2. The van der Waals surface area contributed by atoms with Crippen LogP contribution in [0.1, 0.15) is 19.5 Å². The topological polar surface area (TPSA) is 26.5 Å². The maximum Gasteiger partial charge on any atom is 0.137 e. The summed E-state index contributed by atoms with van der Waals surface area (Å²) in [4.78, 5) is 4.47. The third-order valence-electron chi connectivity index (χ3n) is 3.50. The van der Waals surface area contributed by atoms with Crippen molar-refractivity contribution >= 4 is 11.7 Å². The maximum absolute atomic E-state index is 5.68. The van der Waals surface area contributed by atoms with E-state index in [4.69, 9.17) is 4.74 Å². The van der Waals surface area contributed by atoms with E-state index < -0.39 is 0 Å². The van der Waals surface area contributed by atoms with E-state index in [0.717, 1.165) is 28.2 Å². The average Bonchev–Trinajstić information content (AvgIpc) is 2.95. The van der Waals surface area contributed by atoms with Crippen molar-refractivity contribution in [1.82, 2.24) is 9.38 Å². The maximum atomic E-state index is 5.68. The van der Waals surface area contributed by atoms with Crippen LogP contribution >= 0.6 is 0 Å². The zero-order valence-electron chi connectivity index (χ0n) is 13.4. The summed E-state index contributed by atoms with van der Waals surface area (Å²) in [5.41, 5.74) is 4.24. The Labute approximate surface area is 136 Å². The molecule has 1 aromatic carbocycles. The van der Waals surface area contributed by atoms with Crippen molar-refractivity contribution in [3.05, 3.63) is 73.2 Å². The van der Waals surface area contributed by atoms with Gasteiger partial charge in [-0.25, -0.2) is 4.98 Å². The zero-order valence-corrected chi connectivity index (χ0v) is 13.4. The van der Waals surface area contributed by atoms with Crippen LogP contribution in [0.15, 0.2) is 67.5 Å². The minimum Gasteiger partial charge on any atom is -0.491 e. The lowest BCUT2D eigenvalue weighted by atomic mass is 10.1. The average molecular weight is 304 g/mol. The number of fused-ring (bicyclic) bond motifs is 1. The van der Waals surface area contributed by atoms with Gasteiger partial charge in [0.25, 0.3) is 0 Å². The summed E-state index contributed by atoms with van der Waals surface area (Å²) in [5, 5.41) is 0. The van der Waals surface area contributed by atoms with E-state index in [1.807, 2.05) is 50.5 Å². The number of hydrogen-bond donors (Lipinski definition) is 0. The van der Waals surface area contributed by atoms with Crippen LogP contribution in [0, 0.1) is 0 Å². The molecule has 0 aliphatic heterocycles. The molecular formula is C20H20N2O. The van der Waals surface area contributed by atoms with Crippen LogP contribution in [0.3, 0.4) is 0 Å². The summed E-state index contributed by atoms with van der Waals surface area (Å²) in [5.74, 6) is 0.891. The molecular weight excluding hydrogens is 284 g/mol. The first kappa shape index (κ1) is 15.1. The first-order valence-corrected chi connectivity index (χ1v) is 7.70. The lowest BCUT2D eigenvalue weighted by Crippen LogP contribution is -2.05. The van der Waals surface area contributed by atoms with Gasteiger partial charge in [0.15, 0.2) is 0 Å². The molecule has 0 fully saturated rings. The molecule has 0 aliphatic rings. The Hall–Kier alpha value is -2.81. The van der Waals surface area contributed by atoms with Gasteiger partial charge in [0.1, 0.15) is 11.4 Å². The molecule has 116 valence electrons. The van der Waals surface area contributed by atoms with Gasteiger partial charge in [0.2, 0.25) is 0 Å². The second-order valence-corrected chi connectivity index (χ2v) is 5.61. The van der Waals surface area contributed by atoms with Gasteiger partial charge in [-0.05, 0) is 55.3 Å². The lowest BCUT2D eigenvalue weighted by Gasteiger charge is -2.10. The van der Waals surface area contributed by atoms with Crippen molar-refractivity contribution in [1.29, 1.82) is 0 Å². The molecule has 0 amide bonds. The van der Waals surface area contributed by atoms with E-state index in [1.54, 1.807) is 6.08 Å². The number of rotatable bonds is 5. The summed E-state index contributed by atoms with van der Waals surface area (Å²) in [6.45, 7) is 7.74. The number of ether oxygens (including phenoxy) is 1. The van der Waals surface area contributed by atoms with Crippen molar-refractivity contribution in [2.75, 3.05) is 0 Å². The molecule has 23 heavy (non-hydrogen) atoms. The molecule has 0 saturated carbocycles. The number of nitrogens with zero attached hydrogens (tertiary/aromatic N) is 2. The fourth-order valence-corrected chi connectivity index (χ4v) is 2.47. The Balaban J connectivity index is 1.91. The molecule has 0 N–H and O–H groups in total. The first-order valence-electron chi connectivity index (χ1n) is 7.70. The molecule has 0 unspecified atom stereocenters. The standard InChI is InChI=1S/C20H20N2O/c1-4-5-6-18-14-21-20-13-17(11-12-22(18)20)16-7-9-19(10-8-16)23-15(2)3/h4-15H,1H2,2-3H3. The summed E-state index contributed by atoms with van der Waals surface area (Å²) in [6, 6.07) is 12.3. The molecule has 0 atom stereocenters. The molecule has 0 bridgehead atoms. The molecule has 3 rings (SSSR count). The fourth-order valence-electron chi connectivity index (χ4n) is 2.47. The molecule has 3 heteroatoms. The Morgan fingerprint density at radius 1 is 1.13 bits per heavy atom. The normalized spacial score (nSPS) is 11.4. The number of benzene rings is 1. The number of imidazole rings is 1. The molecule has 2 aromatic heterocycles. The third-order valence-corrected chi connectivity index (χ3v) is 3.50. The minimum absolute atomic E-state index is 0.184. The number of aromatic nitrogens is 2. The highest BCUT2D eigenvalue weighted by Gasteiger charge is 2.04. The predicted molar refractivity (Wildman–Crippen MR) is 95.6 cm³/mol. The molecule has 0 radical (unpaired) electrons. The monoisotopic (exact) mass is 304 g/mol. The second-order valence-electron chi connectivity index (χ2n) is 5.61. The Morgan fingerprint density at radius 2 is 1.91 bits per heavy atom. The quantitative estimate of drug-likeness (QED) is 0.621. The summed E-state index contributed by atoms with van der Waals surface area (Å²) in [7, 11) is 0. The Kier molecular flexibility index (Phi) is 4.29. The zero-order chi connectivity index (χ0) is 16.2. The Bertz CT molecular complexity index is 842. The molecule has 3 aromatic rings. The van der Waals surface area contributed by atoms with Crippen LogP contribution in [0.2, 0.25) is 0 Å². The smallest absolute Gasteiger partial charge is 0.137 e. The minimum atomic E-state index is 0.184. The van der Waals surface area contributed by atoms with E-state index in [2.05, 4.69) is 40.2 Å². The van der Waals surface area contributed by atoms with Gasteiger partial charge in [-0.3, -0.25) is 0 Å². The van der Waals surface area contributed by atoms with Gasteiger partial charge in [0, 0.05) is 6.20 Å². The number of pyridine rings is 1. The van der Waals surface area contributed by atoms with E-state index in [1.165, 1.54) is 0 Å². The van der Waals surface area contributed by atoms with Crippen molar-refractivity contribution in [2.45, 2.75) is 20.0 Å². The van der Waals surface area contributed by atoms with Crippen molar-refractivity contribution in [2.24, 2.45) is 0 Å². The van der Waals surface area contributed by atoms with Gasteiger partial charge in [0.05, 0.1) is 18.0 Å². The van der Waals surface area contributed by atoms with Gasteiger partial charge < -0.3 is 9.14 Å². The van der Waals surface area contributed by atoms with E-state index >= 15 is 0 Å². The highest BCUT2D eigenvalue weighted by Crippen LogP contribution is 2.24. The lowest BCUT2D eigenvalue weighted by molar-refractivity contribution is 0.242. The summed E-state index contributed by atoms with van der Waals surface area (Å²) >= 11 is 0. The molecule has 3 nitrogen and oxygen atoms in total. The van der Waals surface area contributed by atoms with E-state index in [-0.39, 0.29) is 6.10 Å². The summed E-state index contributed by atoms with van der Waals surface area (Å²) in [6.07, 6.45) is 9.74. The molecule has 2 heterocycles. The SMILES string of the molecule is C=CC=Cc1cnc2cc(-c3ccc(OC(C)C)cc3)ccn12. The van der Waals surface area contributed by atoms with Crippen LogP contribution in [0.25, 0.3) is 22.9 Å². The molecule has 0 spiro atoms. The number of allylic oxidation sites excluding steroid dienone is 2. The van der Waals surface area contributed by atoms with Gasteiger partial charge in [-0.2, -0.15) is 0 Å². The highest BCUT2D eigenvalue weighted by molar-refractivity contribution is 5.69. The van der Waals surface area contributed by atoms with Gasteiger partial charge in [-0.1, -0.05) is 30.9 Å². The van der Waals surface area contributed by atoms with E-state index in [9.17, 15) is 0 Å². The van der Waals surface area contributed by atoms with Crippen molar-refractivity contribution in [3.8, 4) is 16.9 Å². The van der Waals surface area contributed by atoms with Crippen LogP contribution < -0.4 is 4.74 Å². The first-order chi connectivity index (χ1) is 11.2. The second kappa shape index (κ2) is 6.53. The highest BCUT2D eigenvalue weighted by atomic mass is 16.5. The van der Waals surface area contributed by atoms with Crippen molar-refractivity contribution < 1.29 is 4.74 Å². The predicted octanol–water partition coefficient (Wildman–Crippen LogP) is 4.99. The fraction of sp³-hybridized carbons (Fsp3) is 0.150. The van der Waals surface area contributed by atoms with Crippen LogP contribution in [0.5, 0.6) is 5.75 Å². The molecule has 0 aliphatic carbocycles. The third kappa shape index (κ3) is 3.34. The van der Waals surface area contributed by atoms with Crippen LogP contribution in [0.4, 0.5) is 0 Å². The largest absolute Gasteiger partial charge is 0.491 e. The van der Waals surface area contributed by atoms with Gasteiger partial charge >= 0.3 is 0 Å². The Morgan fingerprint density at radius 3 is 2.61 bits per heavy atom. The van der Waals surface area contributed by atoms with Gasteiger partial charge in [-0.15, -0.1) is 0 Å². The van der Waals surface area contributed by atoms with E-state index in [0.29, 0.717) is 0 Å². The summed E-state index contributed by atoms with van der Waals surface area (Å²) < 4.78 is 7.74. The van der Waals surface area contributed by atoms with Crippen LogP contribution in [-0.4, -0.2) is 15.5 Å².